The Morgan fingerprint density at radius 3 is 1.72 bits per heavy atom. The van der Waals surface area contributed by atoms with E-state index in [4.69, 9.17) is 0 Å². The maximum atomic E-state index is 14.2. The van der Waals surface area contributed by atoms with Crippen LogP contribution >= 0.6 is 0 Å². The zero-order valence-electron chi connectivity index (χ0n) is 28.7. The van der Waals surface area contributed by atoms with Gasteiger partial charge in [0, 0.05) is 25.7 Å². The molecule has 11 heteroatoms. The van der Waals surface area contributed by atoms with Gasteiger partial charge in [0.25, 0.3) is 0 Å². The number of likely N-dealkylation sites (tertiary alicyclic amines) is 2. The molecule has 0 aromatic heterocycles. The minimum atomic E-state index is -0.813. The molecule has 0 aromatic carbocycles. The van der Waals surface area contributed by atoms with Crippen LogP contribution < -0.4 is 10.6 Å². The summed E-state index contributed by atoms with van der Waals surface area (Å²) in [5, 5.41) is 5.96. The molecule has 11 nitrogen and oxygen atoms in total. The molecule has 0 aliphatic carbocycles. The molecule has 5 amide bonds. The van der Waals surface area contributed by atoms with Crippen LogP contribution in [0.15, 0.2) is 0 Å². The third-order valence-corrected chi connectivity index (χ3v) is 8.49. The van der Waals surface area contributed by atoms with Crippen LogP contribution in [0.3, 0.4) is 0 Å². The molecule has 2 fully saturated rings. The summed E-state index contributed by atoms with van der Waals surface area (Å²) < 4.78 is 0. The van der Waals surface area contributed by atoms with E-state index in [0.717, 1.165) is 6.42 Å². The second-order valence-corrected chi connectivity index (χ2v) is 14.6. The Labute approximate surface area is 259 Å². The Morgan fingerprint density at radius 2 is 1.26 bits per heavy atom. The molecule has 246 valence electrons. The minimum Gasteiger partial charge on any atom is -0.350 e. The molecule has 2 rings (SSSR count). The molecule has 2 N–H and O–H groups in total. The van der Waals surface area contributed by atoms with Gasteiger partial charge in [0.05, 0.1) is 6.04 Å². The first-order valence-electron chi connectivity index (χ1n) is 16.0. The molecule has 0 aromatic rings. The normalized spacial score (nSPS) is 21.4. The summed E-state index contributed by atoms with van der Waals surface area (Å²) in [4.78, 5) is 74.7. The fourth-order valence-electron chi connectivity index (χ4n) is 6.54. The highest BCUT2D eigenvalue weighted by atomic mass is 16.2. The molecule has 2 saturated heterocycles. The van der Waals surface area contributed by atoms with E-state index in [1.165, 1.54) is 4.90 Å². The lowest BCUT2D eigenvalue weighted by Crippen LogP contribution is -2.61. The summed E-state index contributed by atoms with van der Waals surface area (Å²) in [6.45, 7) is 18.1. The molecule has 0 radical (unpaired) electrons. The molecule has 5 atom stereocenters. The second kappa shape index (κ2) is 14.9. The van der Waals surface area contributed by atoms with E-state index in [1.807, 2.05) is 81.3 Å². The lowest BCUT2D eigenvalue weighted by Gasteiger charge is -2.39. The average molecular weight is 607 g/mol. The van der Waals surface area contributed by atoms with Gasteiger partial charge >= 0.3 is 0 Å². The van der Waals surface area contributed by atoms with Crippen molar-refractivity contribution in [3.8, 4) is 0 Å². The van der Waals surface area contributed by atoms with Crippen LogP contribution in [0.1, 0.15) is 88.0 Å². The van der Waals surface area contributed by atoms with Gasteiger partial charge < -0.3 is 25.3 Å². The summed E-state index contributed by atoms with van der Waals surface area (Å²) in [6.07, 6.45) is 2.51. The minimum absolute atomic E-state index is 0.0417. The zero-order valence-corrected chi connectivity index (χ0v) is 28.7. The summed E-state index contributed by atoms with van der Waals surface area (Å²) in [5.41, 5.74) is -0.416. The van der Waals surface area contributed by atoms with Gasteiger partial charge in [0.2, 0.25) is 29.5 Å². The fourth-order valence-corrected chi connectivity index (χ4v) is 6.54. The van der Waals surface area contributed by atoms with Gasteiger partial charge in [-0.15, -0.1) is 0 Å². The van der Waals surface area contributed by atoms with Gasteiger partial charge in [-0.1, -0.05) is 41.5 Å². The molecule has 2 aliphatic heterocycles. The molecular weight excluding hydrogens is 548 g/mol. The monoisotopic (exact) mass is 606 g/mol. The first-order chi connectivity index (χ1) is 19.8. The summed E-state index contributed by atoms with van der Waals surface area (Å²) in [6, 6.07) is -3.25. The van der Waals surface area contributed by atoms with Gasteiger partial charge in [-0.25, -0.2) is 0 Å². The Morgan fingerprint density at radius 1 is 0.744 bits per heavy atom. The maximum Gasteiger partial charge on any atom is 0.246 e. The summed E-state index contributed by atoms with van der Waals surface area (Å²) in [7, 11) is 5.29. The van der Waals surface area contributed by atoms with Gasteiger partial charge in [0.15, 0.2) is 0 Å². The third kappa shape index (κ3) is 8.92. The van der Waals surface area contributed by atoms with Crippen molar-refractivity contribution in [2.45, 2.75) is 124 Å². The highest BCUT2D eigenvalue weighted by Crippen LogP contribution is 2.28. The number of nitrogens with zero attached hydrogens (tertiary/aromatic N) is 4. The van der Waals surface area contributed by atoms with Crippen molar-refractivity contribution >= 4 is 29.5 Å². The first-order valence-corrected chi connectivity index (χ1v) is 16.0. The van der Waals surface area contributed by atoms with Crippen LogP contribution in [0.2, 0.25) is 0 Å². The number of amides is 5. The molecule has 0 bridgehead atoms. The number of carbonyl (C=O) groups excluding carboxylic acids is 5. The highest BCUT2D eigenvalue weighted by molar-refractivity contribution is 5.96. The number of nitrogens with one attached hydrogen (secondary N) is 2. The third-order valence-electron chi connectivity index (χ3n) is 8.49. The Bertz CT molecular complexity index is 1010. The van der Waals surface area contributed by atoms with Gasteiger partial charge in [0.1, 0.15) is 24.2 Å². The van der Waals surface area contributed by atoms with Crippen LogP contribution in [0.5, 0.6) is 0 Å². The number of rotatable bonds is 11. The highest BCUT2D eigenvalue weighted by Gasteiger charge is 2.46. The van der Waals surface area contributed by atoms with E-state index >= 15 is 0 Å². The Balaban J connectivity index is 2.27. The van der Waals surface area contributed by atoms with Crippen LogP contribution in [0.4, 0.5) is 0 Å². The van der Waals surface area contributed by atoms with Gasteiger partial charge in [-0.3, -0.25) is 28.9 Å². The van der Waals surface area contributed by atoms with Crippen molar-refractivity contribution in [1.82, 2.24) is 30.2 Å². The quantitative estimate of drug-likeness (QED) is 0.372. The second-order valence-electron chi connectivity index (χ2n) is 14.6. The van der Waals surface area contributed by atoms with E-state index < -0.39 is 35.7 Å². The van der Waals surface area contributed by atoms with Crippen LogP contribution in [0.25, 0.3) is 0 Å². The van der Waals surface area contributed by atoms with Crippen molar-refractivity contribution in [2.75, 3.05) is 34.2 Å². The molecule has 0 saturated carbocycles. The molecule has 2 heterocycles. The lowest BCUT2D eigenvalue weighted by molar-refractivity contribution is -0.153. The summed E-state index contributed by atoms with van der Waals surface area (Å²) in [5.74, 6) is -1.61. The number of likely N-dealkylation sites (N-methyl/N-ethyl adjacent to an activating group) is 2. The van der Waals surface area contributed by atoms with E-state index in [9.17, 15) is 24.0 Å². The number of hydrogen-bond donors (Lipinski definition) is 2. The SMILES string of the molecule is CC(C)[C@H](NC(=O)[C@H](C(C)C)N(C)C)C(=O)N(C)[C@H](C(=O)N1CCC[C@H]1C(=O)N1CCCC1C(=O)NC(C)(C)C)C(C)C. The lowest BCUT2D eigenvalue weighted by atomic mass is 9.96. The van der Waals surface area contributed by atoms with Crippen molar-refractivity contribution < 1.29 is 24.0 Å². The topological polar surface area (TPSA) is 122 Å². The van der Waals surface area contributed by atoms with Crippen LogP contribution in [-0.2, 0) is 24.0 Å². The van der Waals surface area contributed by atoms with E-state index in [0.29, 0.717) is 32.4 Å². The fraction of sp³-hybridized carbons (Fsp3) is 0.844. The van der Waals surface area contributed by atoms with Crippen LogP contribution in [0, 0.1) is 17.8 Å². The predicted octanol–water partition coefficient (Wildman–Crippen LogP) is 2.09. The Kier molecular flexibility index (Phi) is 12.6. The molecule has 43 heavy (non-hydrogen) atoms. The van der Waals surface area contributed by atoms with Gasteiger partial charge in [-0.05, 0) is 78.3 Å². The molecule has 1 unspecified atom stereocenters. The van der Waals surface area contributed by atoms with Crippen molar-refractivity contribution in [3.05, 3.63) is 0 Å². The van der Waals surface area contributed by atoms with E-state index in [1.54, 1.807) is 16.8 Å². The standard InChI is InChI=1S/C32H58N6O5/c1-19(2)24(33-28(40)25(20(3)4)35(10)11)30(42)36(12)26(21(5)6)31(43)38-18-14-16-23(38)29(41)37-17-13-15-22(37)27(39)34-32(7,8)9/h19-26H,13-18H2,1-12H3,(H,33,40)(H,34,39)/t22?,23-,24-,25-,26-/m0/s1. The maximum absolute atomic E-state index is 14.2. The van der Waals surface area contributed by atoms with E-state index in [2.05, 4.69) is 10.6 Å². The Hall–Kier alpha value is -2.69. The van der Waals surface area contributed by atoms with Crippen molar-refractivity contribution in [3.63, 3.8) is 0 Å². The number of hydrogen-bond acceptors (Lipinski definition) is 6. The average Bonchev–Trinajstić information content (AvgIpc) is 3.55. The molecule has 2 aliphatic rings. The van der Waals surface area contributed by atoms with Crippen molar-refractivity contribution in [1.29, 1.82) is 0 Å². The number of carbonyl (C=O) groups is 5. The predicted molar refractivity (Wildman–Crippen MR) is 168 cm³/mol. The van der Waals surface area contributed by atoms with Crippen LogP contribution in [-0.4, -0.2) is 119 Å². The summed E-state index contributed by atoms with van der Waals surface area (Å²) >= 11 is 0. The zero-order chi connectivity index (χ0) is 33.0. The molecular formula is C32H58N6O5. The smallest absolute Gasteiger partial charge is 0.246 e. The largest absolute Gasteiger partial charge is 0.350 e. The van der Waals surface area contributed by atoms with Gasteiger partial charge in [-0.2, -0.15) is 0 Å². The molecule has 0 spiro atoms. The van der Waals surface area contributed by atoms with Crippen molar-refractivity contribution in [2.24, 2.45) is 17.8 Å². The van der Waals surface area contributed by atoms with E-state index in [-0.39, 0.29) is 47.3 Å². The first kappa shape index (κ1) is 36.5.